The first-order chi connectivity index (χ1) is 11.6. The summed E-state index contributed by atoms with van der Waals surface area (Å²) in [5.41, 5.74) is 0.897. The third kappa shape index (κ3) is 4.21. The van der Waals surface area contributed by atoms with Gasteiger partial charge >= 0.3 is 0 Å². The van der Waals surface area contributed by atoms with Gasteiger partial charge < -0.3 is 14.7 Å². The van der Waals surface area contributed by atoms with Gasteiger partial charge in [-0.05, 0) is 13.0 Å². The number of aliphatic hydroxyl groups is 1. The normalized spacial score (nSPS) is 17.0. The summed E-state index contributed by atoms with van der Waals surface area (Å²) in [4.78, 5) is 13.3. The number of hydrogen-bond acceptors (Lipinski definition) is 7. The third-order valence-electron chi connectivity index (χ3n) is 4.11. The molecule has 8 nitrogen and oxygen atoms in total. The lowest BCUT2D eigenvalue weighted by Gasteiger charge is -2.35. The molecule has 0 bridgehead atoms. The van der Waals surface area contributed by atoms with Crippen LogP contribution in [-0.4, -0.2) is 75.7 Å². The molecule has 3 heterocycles. The van der Waals surface area contributed by atoms with Crippen molar-refractivity contribution in [1.29, 1.82) is 0 Å². The molecule has 3 rings (SSSR count). The highest BCUT2D eigenvalue weighted by Crippen LogP contribution is 2.17. The number of anilines is 1. The summed E-state index contributed by atoms with van der Waals surface area (Å²) in [7, 11) is 1.62. The van der Waals surface area contributed by atoms with Crippen molar-refractivity contribution in [2.45, 2.75) is 19.6 Å². The summed E-state index contributed by atoms with van der Waals surface area (Å²) in [6.45, 7) is 6.51. The number of β-amino-alcohol motifs (C(OH)–C–C–N with tert-alkyl or cyclic N) is 1. The fourth-order valence-corrected chi connectivity index (χ4v) is 2.88. The Bertz CT molecular complexity index is 640. The predicted octanol–water partition coefficient (Wildman–Crippen LogP) is 0.173. The monoisotopic (exact) mass is 332 g/mol. The van der Waals surface area contributed by atoms with E-state index in [9.17, 15) is 5.11 Å². The third-order valence-corrected chi connectivity index (χ3v) is 4.11. The van der Waals surface area contributed by atoms with E-state index in [0.717, 1.165) is 31.9 Å². The SMILES string of the molecule is COc1cc(C)nc(N2CCN(C[C@H](O)Cn3cccn3)CC2)n1. The molecule has 0 unspecified atom stereocenters. The second kappa shape index (κ2) is 7.59. The van der Waals surface area contributed by atoms with Crippen molar-refractivity contribution in [3.8, 4) is 5.88 Å². The average molecular weight is 332 g/mol. The van der Waals surface area contributed by atoms with Gasteiger partial charge in [-0.1, -0.05) is 0 Å². The van der Waals surface area contributed by atoms with Crippen LogP contribution in [0.1, 0.15) is 5.69 Å². The number of piperazine rings is 1. The van der Waals surface area contributed by atoms with Crippen LogP contribution in [0, 0.1) is 6.92 Å². The van der Waals surface area contributed by atoms with Crippen LogP contribution in [0.15, 0.2) is 24.5 Å². The smallest absolute Gasteiger partial charge is 0.228 e. The van der Waals surface area contributed by atoms with Gasteiger partial charge in [0.25, 0.3) is 0 Å². The van der Waals surface area contributed by atoms with Crippen molar-refractivity contribution in [3.63, 3.8) is 0 Å². The van der Waals surface area contributed by atoms with E-state index in [1.165, 1.54) is 0 Å². The molecule has 1 N–H and O–H groups in total. The van der Waals surface area contributed by atoms with E-state index in [0.29, 0.717) is 24.9 Å². The number of hydrogen-bond donors (Lipinski definition) is 1. The van der Waals surface area contributed by atoms with E-state index in [1.807, 2.05) is 25.3 Å². The molecule has 1 fully saturated rings. The maximum Gasteiger partial charge on any atom is 0.228 e. The van der Waals surface area contributed by atoms with Gasteiger partial charge in [-0.3, -0.25) is 9.58 Å². The van der Waals surface area contributed by atoms with Gasteiger partial charge in [-0.2, -0.15) is 10.1 Å². The van der Waals surface area contributed by atoms with E-state index < -0.39 is 6.10 Å². The lowest BCUT2D eigenvalue weighted by molar-refractivity contribution is 0.0919. The molecule has 2 aromatic rings. The van der Waals surface area contributed by atoms with Crippen LogP contribution in [0.25, 0.3) is 0 Å². The summed E-state index contributed by atoms with van der Waals surface area (Å²) < 4.78 is 6.98. The lowest BCUT2D eigenvalue weighted by atomic mass is 10.2. The van der Waals surface area contributed by atoms with Crippen molar-refractivity contribution in [1.82, 2.24) is 24.6 Å². The zero-order valence-corrected chi connectivity index (χ0v) is 14.2. The first-order valence-electron chi connectivity index (χ1n) is 8.16. The van der Waals surface area contributed by atoms with Gasteiger partial charge in [0.1, 0.15) is 0 Å². The van der Waals surface area contributed by atoms with Crippen molar-refractivity contribution in [2.75, 3.05) is 44.7 Å². The Morgan fingerprint density at radius 3 is 2.67 bits per heavy atom. The Labute approximate surface area is 141 Å². The first kappa shape index (κ1) is 16.7. The summed E-state index contributed by atoms with van der Waals surface area (Å²) in [6.07, 6.45) is 3.16. The zero-order chi connectivity index (χ0) is 16.9. The van der Waals surface area contributed by atoms with E-state index in [-0.39, 0.29) is 0 Å². The Balaban J connectivity index is 1.51. The van der Waals surface area contributed by atoms with Crippen molar-refractivity contribution in [3.05, 3.63) is 30.2 Å². The zero-order valence-electron chi connectivity index (χ0n) is 14.2. The van der Waals surface area contributed by atoms with Crippen LogP contribution in [0.4, 0.5) is 5.95 Å². The number of rotatable bonds is 6. The predicted molar refractivity (Wildman–Crippen MR) is 90.2 cm³/mol. The summed E-state index contributed by atoms with van der Waals surface area (Å²) in [6, 6.07) is 3.69. The lowest BCUT2D eigenvalue weighted by Crippen LogP contribution is -2.49. The molecule has 0 amide bonds. The standard InChI is InChI=1S/C16H24N6O2/c1-13-10-15(24-2)19-16(18-13)21-8-6-20(7-9-21)11-14(23)12-22-5-3-4-17-22/h3-5,10,14,23H,6-9,11-12H2,1-2H3/t14-/m0/s1. The molecular weight excluding hydrogens is 308 g/mol. The Kier molecular flexibility index (Phi) is 5.27. The summed E-state index contributed by atoms with van der Waals surface area (Å²) in [5.74, 6) is 1.30. The summed E-state index contributed by atoms with van der Waals surface area (Å²) >= 11 is 0. The van der Waals surface area contributed by atoms with Gasteiger partial charge in [0, 0.05) is 56.9 Å². The Hall–Kier alpha value is -2.19. The molecule has 1 aliphatic rings. The van der Waals surface area contributed by atoms with Crippen molar-refractivity contribution < 1.29 is 9.84 Å². The van der Waals surface area contributed by atoms with Gasteiger partial charge in [0.2, 0.25) is 11.8 Å². The van der Waals surface area contributed by atoms with Crippen LogP contribution in [0.2, 0.25) is 0 Å². The Morgan fingerprint density at radius 2 is 2.00 bits per heavy atom. The van der Waals surface area contributed by atoms with Crippen molar-refractivity contribution in [2.24, 2.45) is 0 Å². The van der Waals surface area contributed by atoms with Gasteiger partial charge in [0.05, 0.1) is 19.8 Å². The van der Waals surface area contributed by atoms with Gasteiger partial charge in [-0.25, -0.2) is 4.98 Å². The minimum atomic E-state index is -0.424. The second-order valence-electron chi connectivity index (χ2n) is 6.02. The highest BCUT2D eigenvalue weighted by Gasteiger charge is 2.21. The first-order valence-corrected chi connectivity index (χ1v) is 8.16. The van der Waals surface area contributed by atoms with Crippen molar-refractivity contribution >= 4 is 5.95 Å². The number of methoxy groups -OCH3 is 1. The maximum absolute atomic E-state index is 10.2. The van der Waals surface area contributed by atoms with E-state index in [1.54, 1.807) is 18.0 Å². The number of aromatic nitrogens is 4. The molecule has 1 saturated heterocycles. The highest BCUT2D eigenvalue weighted by molar-refractivity contribution is 5.35. The second-order valence-corrected chi connectivity index (χ2v) is 6.02. The molecule has 2 aromatic heterocycles. The molecule has 130 valence electrons. The molecule has 1 atom stereocenters. The average Bonchev–Trinajstić information content (AvgIpc) is 3.07. The van der Waals surface area contributed by atoms with Crippen LogP contribution in [0.5, 0.6) is 5.88 Å². The fourth-order valence-electron chi connectivity index (χ4n) is 2.88. The van der Waals surface area contributed by atoms with Crippen LogP contribution < -0.4 is 9.64 Å². The minimum Gasteiger partial charge on any atom is -0.481 e. The molecule has 0 aromatic carbocycles. The molecular formula is C16H24N6O2. The molecule has 0 aliphatic carbocycles. The Morgan fingerprint density at radius 1 is 1.21 bits per heavy atom. The largest absolute Gasteiger partial charge is 0.481 e. The fraction of sp³-hybridized carbons (Fsp3) is 0.562. The topological polar surface area (TPSA) is 79.5 Å². The number of aryl methyl sites for hydroxylation is 1. The van der Waals surface area contributed by atoms with Crippen LogP contribution in [0.3, 0.4) is 0 Å². The number of aliphatic hydroxyl groups excluding tert-OH is 1. The highest BCUT2D eigenvalue weighted by atomic mass is 16.5. The minimum absolute atomic E-state index is 0.424. The van der Waals surface area contributed by atoms with Crippen LogP contribution in [-0.2, 0) is 6.54 Å². The molecule has 1 aliphatic heterocycles. The molecule has 0 spiro atoms. The van der Waals surface area contributed by atoms with Gasteiger partial charge in [-0.15, -0.1) is 0 Å². The van der Waals surface area contributed by atoms with E-state index >= 15 is 0 Å². The molecule has 24 heavy (non-hydrogen) atoms. The van der Waals surface area contributed by atoms with Crippen LogP contribution >= 0.6 is 0 Å². The molecule has 8 heteroatoms. The molecule has 0 saturated carbocycles. The quantitative estimate of drug-likeness (QED) is 0.808. The number of nitrogens with zero attached hydrogens (tertiary/aromatic N) is 6. The van der Waals surface area contributed by atoms with Gasteiger partial charge in [0.15, 0.2) is 0 Å². The molecule has 0 radical (unpaired) electrons. The number of ether oxygens (including phenoxy) is 1. The van der Waals surface area contributed by atoms with E-state index in [2.05, 4.69) is 24.9 Å². The van der Waals surface area contributed by atoms with E-state index in [4.69, 9.17) is 4.74 Å². The maximum atomic E-state index is 10.2. The summed E-state index contributed by atoms with van der Waals surface area (Å²) in [5, 5.41) is 14.3.